The van der Waals surface area contributed by atoms with Gasteiger partial charge in [-0.1, -0.05) is 32.0 Å². The van der Waals surface area contributed by atoms with Crippen molar-refractivity contribution in [1.29, 1.82) is 0 Å². The highest BCUT2D eigenvalue weighted by Crippen LogP contribution is 2.13. The number of para-hydroxylation sites is 1. The fourth-order valence-corrected chi connectivity index (χ4v) is 2.60. The third kappa shape index (κ3) is 4.31. The summed E-state index contributed by atoms with van der Waals surface area (Å²) < 4.78 is 0. The molecule has 1 N–H and O–H groups in total. The largest absolute Gasteiger partial charge is 0.340 e. The van der Waals surface area contributed by atoms with Crippen molar-refractivity contribution in [2.75, 3.05) is 38.0 Å². The quantitative estimate of drug-likeness (QED) is 0.922. The van der Waals surface area contributed by atoms with Crippen LogP contribution in [0.25, 0.3) is 0 Å². The summed E-state index contributed by atoms with van der Waals surface area (Å²) in [5, 5.41) is 2.95. The number of piperazine rings is 1. The van der Waals surface area contributed by atoms with Crippen LogP contribution in [-0.4, -0.2) is 54.3 Å². The molecule has 0 aliphatic carbocycles. The molecule has 0 radical (unpaired) electrons. The van der Waals surface area contributed by atoms with Crippen LogP contribution in [-0.2, 0) is 9.59 Å². The van der Waals surface area contributed by atoms with E-state index in [1.165, 1.54) is 0 Å². The van der Waals surface area contributed by atoms with Gasteiger partial charge in [0.05, 0.1) is 6.54 Å². The molecule has 120 valence electrons. The first kappa shape index (κ1) is 16.5. The molecule has 2 rings (SSSR count). The number of rotatable bonds is 4. The summed E-state index contributed by atoms with van der Waals surface area (Å²) in [7, 11) is 0. The molecule has 1 aliphatic heterocycles. The first-order valence-corrected chi connectivity index (χ1v) is 7.84. The number of amides is 2. The minimum atomic E-state index is -0.00191. The van der Waals surface area contributed by atoms with Crippen LogP contribution in [0.15, 0.2) is 24.3 Å². The highest BCUT2D eigenvalue weighted by Gasteiger charge is 2.23. The third-order valence-electron chi connectivity index (χ3n) is 3.96. The summed E-state index contributed by atoms with van der Waals surface area (Å²) in [5.41, 5.74) is 1.92. The Morgan fingerprint density at radius 1 is 1.14 bits per heavy atom. The van der Waals surface area contributed by atoms with Crippen molar-refractivity contribution in [2.45, 2.75) is 20.8 Å². The molecule has 1 heterocycles. The number of benzene rings is 1. The standard InChI is InChI=1S/C17H25N3O2/c1-13(2)17(22)20-10-8-19(9-11-20)12-16(21)18-15-7-5-4-6-14(15)3/h4-7,13H,8-12H2,1-3H3,(H,18,21). The molecule has 1 aromatic carbocycles. The number of hydrogen-bond acceptors (Lipinski definition) is 3. The second-order valence-electron chi connectivity index (χ2n) is 6.12. The number of anilines is 1. The Morgan fingerprint density at radius 3 is 2.36 bits per heavy atom. The molecular formula is C17H25N3O2. The van der Waals surface area contributed by atoms with Crippen LogP contribution in [0.1, 0.15) is 19.4 Å². The molecule has 5 heteroatoms. The van der Waals surface area contributed by atoms with E-state index in [0.717, 1.165) is 24.3 Å². The van der Waals surface area contributed by atoms with E-state index in [9.17, 15) is 9.59 Å². The van der Waals surface area contributed by atoms with Crippen molar-refractivity contribution in [2.24, 2.45) is 5.92 Å². The zero-order valence-corrected chi connectivity index (χ0v) is 13.6. The molecule has 1 aliphatic rings. The SMILES string of the molecule is Cc1ccccc1NC(=O)CN1CCN(C(=O)C(C)C)CC1. The van der Waals surface area contributed by atoms with Gasteiger partial charge < -0.3 is 10.2 Å². The van der Waals surface area contributed by atoms with E-state index < -0.39 is 0 Å². The Labute approximate surface area is 132 Å². The second-order valence-corrected chi connectivity index (χ2v) is 6.12. The van der Waals surface area contributed by atoms with Gasteiger partial charge in [-0.15, -0.1) is 0 Å². The first-order valence-electron chi connectivity index (χ1n) is 7.84. The van der Waals surface area contributed by atoms with Crippen molar-refractivity contribution in [3.05, 3.63) is 29.8 Å². The maximum atomic E-state index is 12.1. The smallest absolute Gasteiger partial charge is 0.238 e. The first-order chi connectivity index (χ1) is 10.5. The zero-order chi connectivity index (χ0) is 16.1. The fourth-order valence-electron chi connectivity index (χ4n) is 2.60. The zero-order valence-electron chi connectivity index (χ0n) is 13.6. The maximum absolute atomic E-state index is 12.1. The molecule has 0 saturated carbocycles. The minimum Gasteiger partial charge on any atom is -0.340 e. The summed E-state index contributed by atoms with van der Waals surface area (Å²) in [6, 6.07) is 7.76. The lowest BCUT2D eigenvalue weighted by Crippen LogP contribution is -2.51. The van der Waals surface area contributed by atoms with Gasteiger partial charge in [0.2, 0.25) is 11.8 Å². The van der Waals surface area contributed by atoms with E-state index in [0.29, 0.717) is 19.6 Å². The Morgan fingerprint density at radius 2 is 1.77 bits per heavy atom. The van der Waals surface area contributed by atoms with Gasteiger partial charge in [-0.2, -0.15) is 0 Å². The molecule has 1 fully saturated rings. The Balaban J connectivity index is 1.80. The molecule has 0 atom stereocenters. The van der Waals surface area contributed by atoms with Crippen molar-refractivity contribution in [1.82, 2.24) is 9.80 Å². The summed E-state index contributed by atoms with van der Waals surface area (Å²) in [4.78, 5) is 28.0. The average molecular weight is 303 g/mol. The molecule has 0 aromatic heterocycles. The van der Waals surface area contributed by atoms with E-state index in [4.69, 9.17) is 0 Å². The Bertz CT molecular complexity index is 534. The molecular weight excluding hydrogens is 278 g/mol. The summed E-state index contributed by atoms with van der Waals surface area (Å²) in [6.45, 7) is 9.10. The van der Waals surface area contributed by atoms with Crippen molar-refractivity contribution < 1.29 is 9.59 Å². The molecule has 1 saturated heterocycles. The number of hydrogen-bond donors (Lipinski definition) is 1. The number of carbonyl (C=O) groups excluding carboxylic acids is 2. The second kappa shape index (κ2) is 7.40. The van der Waals surface area contributed by atoms with Crippen molar-refractivity contribution in [3.63, 3.8) is 0 Å². The third-order valence-corrected chi connectivity index (χ3v) is 3.96. The van der Waals surface area contributed by atoms with Gasteiger partial charge in [-0.3, -0.25) is 14.5 Å². The molecule has 2 amide bonds. The fraction of sp³-hybridized carbons (Fsp3) is 0.529. The van der Waals surface area contributed by atoms with E-state index >= 15 is 0 Å². The predicted octanol–water partition coefficient (Wildman–Crippen LogP) is 1.73. The topological polar surface area (TPSA) is 52.7 Å². The van der Waals surface area contributed by atoms with Gasteiger partial charge in [0.25, 0.3) is 0 Å². The normalized spacial score (nSPS) is 15.9. The Kier molecular flexibility index (Phi) is 5.55. The molecule has 1 aromatic rings. The molecule has 0 bridgehead atoms. The van der Waals surface area contributed by atoms with E-state index in [-0.39, 0.29) is 17.7 Å². The number of nitrogens with zero attached hydrogens (tertiary/aromatic N) is 2. The highest BCUT2D eigenvalue weighted by molar-refractivity contribution is 5.92. The van der Waals surface area contributed by atoms with Gasteiger partial charge in [-0.05, 0) is 18.6 Å². The van der Waals surface area contributed by atoms with Crippen molar-refractivity contribution >= 4 is 17.5 Å². The molecule has 0 unspecified atom stereocenters. The molecule has 5 nitrogen and oxygen atoms in total. The minimum absolute atomic E-state index is 0.00191. The Hall–Kier alpha value is -1.88. The van der Waals surface area contributed by atoms with Gasteiger partial charge in [-0.25, -0.2) is 0 Å². The van der Waals surface area contributed by atoms with Crippen molar-refractivity contribution in [3.8, 4) is 0 Å². The van der Waals surface area contributed by atoms with Crippen LogP contribution in [0.4, 0.5) is 5.69 Å². The van der Waals surface area contributed by atoms with Crippen LogP contribution in [0.5, 0.6) is 0 Å². The van der Waals surface area contributed by atoms with Crippen LogP contribution >= 0.6 is 0 Å². The summed E-state index contributed by atoms with van der Waals surface area (Å²) in [6.07, 6.45) is 0. The summed E-state index contributed by atoms with van der Waals surface area (Å²) >= 11 is 0. The molecule has 0 spiro atoms. The van der Waals surface area contributed by atoms with Crippen LogP contribution < -0.4 is 5.32 Å². The molecule has 22 heavy (non-hydrogen) atoms. The lowest BCUT2D eigenvalue weighted by atomic mass is 10.1. The number of aryl methyl sites for hydroxylation is 1. The maximum Gasteiger partial charge on any atom is 0.238 e. The van der Waals surface area contributed by atoms with Gasteiger partial charge in [0, 0.05) is 37.8 Å². The monoisotopic (exact) mass is 303 g/mol. The van der Waals surface area contributed by atoms with E-state index in [2.05, 4.69) is 10.2 Å². The lowest BCUT2D eigenvalue weighted by molar-refractivity contribution is -0.136. The van der Waals surface area contributed by atoms with Gasteiger partial charge >= 0.3 is 0 Å². The lowest BCUT2D eigenvalue weighted by Gasteiger charge is -2.35. The highest BCUT2D eigenvalue weighted by atomic mass is 16.2. The number of nitrogens with one attached hydrogen (secondary N) is 1. The van der Waals surface area contributed by atoms with E-state index in [1.54, 1.807) is 0 Å². The number of carbonyl (C=O) groups is 2. The van der Waals surface area contributed by atoms with Crippen LogP contribution in [0.3, 0.4) is 0 Å². The van der Waals surface area contributed by atoms with Crippen LogP contribution in [0, 0.1) is 12.8 Å². The van der Waals surface area contributed by atoms with E-state index in [1.807, 2.05) is 49.9 Å². The predicted molar refractivity (Wildman–Crippen MR) is 87.7 cm³/mol. The van der Waals surface area contributed by atoms with Crippen LogP contribution in [0.2, 0.25) is 0 Å². The summed E-state index contributed by atoms with van der Waals surface area (Å²) in [5.74, 6) is 0.234. The average Bonchev–Trinajstić information content (AvgIpc) is 2.49. The van der Waals surface area contributed by atoms with Gasteiger partial charge in [0.15, 0.2) is 0 Å². The van der Waals surface area contributed by atoms with Gasteiger partial charge in [0.1, 0.15) is 0 Å².